The Bertz CT molecular complexity index is 3900. The maximum absolute atomic E-state index is 11.9. The first-order valence-electron chi connectivity index (χ1n) is 37.5. The number of hydrogen-bond donors (Lipinski definition) is 3. The van der Waals surface area contributed by atoms with Crippen molar-refractivity contribution in [2.75, 3.05) is 204 Å². The first kappa shape index (κ1) is 123. The second kappa shape index (κ2) is 79.3. The molecule has 0 radical (unpaired) electrons. The molecule has 8 amide bonds. The molecule has 2 heterocycles. The molecule has 50 nitrogen and oxygen atoms in total. The normalized spacial score (nSPS) is 11.8. The van der Waals surface area contributed by atoms with Crippen LogP contribution in [0.15, 0.2) is 85.1 Å². The summed E-state index contributed by atoms with van der Waals surface area (Å²) >= 11 is 0. The van der Waals surface area contributed by atoms with Gasteiger partial charge in [-0.25, -0.2) is 71.9 Å². The molecule has 50 heteroatoms. The maximum atomic E-state index is 11.9. The van der Waals surface area contributed by atoms with Crippen molar-refractivity contribution in [1.29, 1.82) is 0 Å². The maximum Gasteiger partial charge on any atom is 0.413 e. The van der Waals surface area contributed by atoms with E-state index in [0.717, 1.165) is 131 Å². The molecule has 0 aliphatic carbocycles. The number of alkyl carbamates (subject to hydrolysis) is 1. The molecule has 2 aliphatic rings. The fourth-order valence-corrected chi connectivity index (χ4v) is 7.48. The van der Waals surface area contributed by atoms with E-state index in [1.807, 2.05) is 19.0 Å². The van der Waals surface area contributed by atoms with E-state index in [4.69, 9.17) is 18.9 Å². The summed E-state index contributed by atoms with van der Waals surface area (Å²) in [5, 5.41) is 6.69. The van der Waals surface area contributed by atoms with Gasteiger partial charge in [-0.05, 0) is 46.7 Å². The zero-order valence-electron chi connectivity index (χ0n) is 74.0. The van der Waals surface area contributed by atoms with E-state index in [1.165, 1.54) is 68.7 Å². The summed E-state index contributed by atoms with van der Waals surface area (Å²) in [5.41, 5.74) is 0. The van der Waals surface area contributed by atoms with Crippen LogP contribution in [0.5, 0.6) is 0 Å². The summed E-state index contributed by atoms with van der Waals surface area (Å²) < 4.78 is 80.4. The number of rotatable bonds is 43. The Labute approximate surface area is 740 Å². The molecule has 0 saturated carbocycles. The topological polar surface area (TPSA) is 642 Å². The number of imide groups is 2. The zero-order valence-corrected chi connectivity index (χ0v) is 74.0. The lowest BCUT2D eigenvalue weighted by atomic mass is 10.0. The molecule has 3 N–H and O–H groups in total. The van der Waals surface area contributed by atoms with Gasteiger partial charge in [0.1, 0.15) is 12.4 Å². The Morgan fingerprint density at radius 2 is 0.690 bits per heavy atom. The number of methoxy groups -OCH3 is 11. The Morgan fingerprint density at radius 3 is 1.01 bits per heavy atom. The van der Waals surface area contributed by atoms with Gasteiger partial charge in [-0.3, -0.25) is 58.2 Å². The van der Waals surface area contributed by atoms with E-state index < -0.39 is 152 Å². The van der Waals surface area contributed by atoms with Gasteiger partial charge in [0.15, 0.2) is 45.4 Å². The molecule has 1 unspecified atom stereocenters. The van der Waals surface area contributed by atoms with Crippen LogP contribution in [0.2, 0.25) is 0 Å². The molecule has 720 valence electrons. The number of Topliss-reactive ketones (excluding diaryl/α,β-unsaturated/α-hetero) is 2. The number of carbonyl (C=O) groups excluding carboxylic acids is 25. The number of ether oxygens (including phenoxy) is 18. The van der Waals surface area contributed by atoms with Crippen LogP contribution in [-0.4, -0.2) is 372 Å². The van der Waals surface area contributed by atoms with Crippen LogP contribution in [-0.2, 0) is 200 Å². The smallest absolute Gasteiger partial charge is 0.413 e. The predicted molar refractivity (Wildman–Crippen MR) is 433 cm³/mol. The Hall–Kier alpha value is -14.6. The van der Waals surface area contributed by atoms with Gasteiger partial charge in [-0.1, -0.05) is 6.92 Å². The third-order valence-electron chi connectivity index (χ3n) is 14.3. The largest absolute Gasteiger partial charge is 0.469 e. The van der Waals surface area contributed by atoms with E-state index >= 15 is 0 Å². The highest BCUT2D eigenvalue weighted by Crippen LogP contribution is 2.11. The van der Waals surface area contributed by atoms with Gasteiger partial charge in [0.25, 0.3) is 35.4 Å². The van der Waals surface area contributed by atoms with Crippen LogP contribution in [0.4, 0.5) is 4.79 Å². The van der Waals surface area contributed by atoms with Gasteiger partial charge in [0.2, 0.25) is 5.91 Å². The van der Waals surface area contributed by atoms with Gasteiger partial charge in [-0.2, -0.15) is 0 Å². The molecule has 0 aromatic rings. The standard InChI is InChI=1S/C13H21NO7.C12H17NO5.C12H16O6.C11H18N2O5.C11H15NO7.C11H13NO6.C9H11NO7/c1-18-8-6-14(7-9-19-2)11(15)10-21-13(17)5-4-12(16)20-3;1-17-11(15)5-6-12(16)18-9-10(14)13-7-3-2-4-8-13;1-8(9(2)13)6-10(14)7-18-12(16)5-4-11(15)17-3;1-13(2)7-6-12-9(14)8-18-11(16)5-4-10(15)17-3;1-17-9(14)3-4-11(16)19-7-8(13)12-6-5-10(15)18-2;1-17-10(15)4-5-11(16)18-7-9(14)12-6-2-3-8(12)13;1-15-7(12)3-4-8(13)17-5-6(11)10-9(14)16-2/h4-5H,6-10H2,1-3H3;5-6H,2-4,7-9H2,1H3;4-5,8H,6-7H2,1-3H3;4-5H,6-8H2,1-3H3,(H,12,14);3-4H,5-7H2,1-2H3,(H,12,13);4-5H,2-3,6-7H2,1H3;3-4H,5H2,1-2H3,(H,10,11,14)/b5-4+;6-5+;2*5-4+;4-3+;5-4+;4-3+. The molecule has 2 saturated heterocycles. The molecule has 1 atom stereocenters. The highest BCUT2D eigenvalue weighted by atomic mass is 16.6. The highest BCUT2D eigenvalue weighted by Gasteiger charge is 2.27. The first-order valence-corrected chi connectivity index (χ1v) is 37.5. The lowest BCUT2D eigenvalue weighted by Crippen LogP contribution is -2.39. The van der Waals surface area contributed by atoms with Gasteiger partial charge >= 0.3 is 95.6 Å². The van der Waals surface area contributed by atoms with Crippen LogP contribution in [0, 0.1) is 5.92 Å². The van der Waals surface area contributed by atoms with Gasteiger partial charge in [0.05, 0.1) is 83.6 Å². The quantitative estimate of drug-likeness (QED) is 0.0303. The zero-order chi connectivity index (χ0) is 99.0. The van der Waals surface area contributed by atoms with E-state index in [-0.39, 0.29) is 67.8 Å². The minimum atomic E-state index is -0.962. The summed E-state index contributed by atoms with van der Waals surface area (Å²) in [5.74, 6) is -15.1. The highest BCUT2D eigenvalue weighted by molar-refractivity contribution is 6.00. The lowest BCUT2D eigenvalue weighted by Gasteiger charge is -2.26. The second-order valence-corrected chi connectivity index (χ2v) is 24.2. The van der Waals surface area contributed by atoms with Crippen molar-refractivity contribution in [3.63, 3.8) is 0 Å². The van der Waals surface area contributed by atoms with Crippen molar-refractivity contribution in [3.05, 3.63) is 85.1 Å². The summed E-state index contributed by atoms with van der Waals surface area (Å²) in [6.07, 6.45) is 15.5. The number of esters is 15. The summed E-state index contributed by atoms with van der Waals surface area (Å²) in [4.78, 5) is 281. The van der Waals surface area contributed by atoms with Crippen molar-refractivity contribution in [3.8, 4) is 0 Å². The molecule has 0 spiro atoms. The average molecular weight is 1850 g/mol. The average Bonchev–Trinajstić information content (AvgIpc) is 1.61. The Balaban J connectivity index is -0.000000464. The van der Waals surface area contributed by atoms with E-state index in [0.29, 0.717) is 71.9 Å². The molecule has 0 aromatic heterocycles. The Morgan fingerprint density at radius 1 is 0.364 bits per heavy atom. The van der Waals surface area contributed by atoms with Crippen molar-refractivity contribution >= 4 is 149 Å². The molecular formula is C79H111N7O43. The number of nitrogens with zero attached hydrogens (tertiary/aromatic N) is 4. The van der Waals surface area contributed by atoms with Crippen molar-refractivity contribution in [2.24, 2.45) is 5.92 Å². The number of nitrogens with one attached hydrogen (secondary N) is 3. The number of amides is 8. The van der Waals surface area contributed by atoms with Crippen molar-refractivity contribution in [1.82, 2.24) is 35.6 Å². The number of piperidine rings is 1. The van der Waals surface area contributed by atoms with Crippen LogP contribution < -0.4 is 16.0 Å². The van der Waals surface area contributed by atoms with E-state index in [2.05, 4.69) is 76.9 Å². The number of hydrogen-bond acceptors (Lipinski definition) is 44. The monoisotopic (exact) mass is 1850 g/mol. The molecule has 2 rings (SSSR count). The SMILES string of the molecule is COC(=O)/C=C/C(=O)OCC(=O)CC(C)C(C)=O.COC(=O)/C=C/C(=O)OCC(=O)N1CCCC1=O.COC(=O)/C=C/C(=O)OCC(=O)N1CCCCC1.COC(=O)/C=C/C(=O)OCC(=O)NC(=O)OC.COC(=O)/C=C/C(=O)OCC(=O)NCCC(=O)OC.COC(=O)/C=C/C(=O)OCC(=O)NCCN(C)C.COCCN(CCOC)C(=O)COC(=O)/C=C/C(=O)OC. The second-order valence-electron chi connectivity index (χ2n) is 24.2. The third kappa shape index (κ3) is 76.8. The first-order chi connectivity index (χ1) is 61.0. The lowest BCUT2D eigenvalue weighted by molar-refractivity contribution is -0.152. The van der Waals surface area contributed by atoms with Crippen molar-refractivity contribution in [2.45, 2.75) is 58.8 Å². The molecule has 129 heavy (non-hydrogen) atoms. The summed E-state index contributed by atoms with van der Waals surface area (Å²) in [7, 11) is 17.3. The summed E-state index contributed by atoms with van der Waals surface area (Å²) in [6.45, 7) is 4.34. The van der Waals surface area contributed by atoms with Crippen LogP contribution >= 0.6 is 0 Å². The van der Waals surface area contributed by atoms with Crippen LogP contribution in [0.1, 0.15) is 58.8 Å². The minimum absolute atomic E-state index is 0.0262. The van der Waals surface area contributed by atoms with Gasteiger partial charge < -0.3 is 111 Å². The summed E-state index contributed by atoms with van der Waals surface area (Å²) in [6, 6.07) is 0. The number of ketones is 2. The third-order valence-corrected chi connectivity index (χ3v) is 14.3. The predicted octanol–water partition coefficient (Wildman–Crippen LogP) is -3.48. The van der Waals surface area contributed by atoms with E-state index in [1.54, 1.807) is 17.1 Å². The minimum Gasteiger partial charge on any atom is -0.469 e. The van der Waals surface area contributed by atoms with E-state index in [9.17, 15) is 120 Å². The molecular weight excluding hydrogens is 1730 g/mol. The number of likely N-dealkylation sites (tertiary alicyclic amines) is 2. The number of likely N-dealkylation sites (N-methyl/N-ethyl adjacent to an activating group) is 1. The molecule has 0 aromatic carbocycles. The van der Waals surface area contributed by atoms with Gasteiger partial charge in [-0.15, -0.1) is 0 Å². The fraction of sp³-hybridized carbons (Fsp3) is 0.506. The van der Waals surface area contributed by atoms with Crippen molar-refractivity contribution < 1.29 is 205 Å². The molecule has 2 aliphatic heterocycles. The fourth-order valence-electron chi connectivity index (χ4n) is 7.48. The molecule has 2 fully saturated rings. The van der Waals surface area contributed by atoms with Crippen LogP contribution in [0.3, 0.4) is 0 Å². The molecule has 0 bridgehead atoms. The number of carbonyl (C=O) groups is 25. The van der Waals surface area contributed by atoms with Crippen LogP contribution in [0.25, 0.3) is 0 Å². The Kier molecular flexibility index (Phi) is 75.6. The van der Waals surface area contributed by atoms with Gasteiger partial charge in [0, 0.05) is 170 Å².